The van der Waals surface area contributed by atoms with Crippen molar-refractivity contribution in [1.82, 2.24) is 4.98 Å². The molecule has 0 saturated heterocycles. The molecule has 0 saturated carbocycles. The highest BCUT2D eigenvalue weighted by Gasteiger charge is 2.20. The molecule has 0 bridgehead atoms. The predicted octanol–water partition coefficient (Wildman–Crippen LogP) is 3.22. The highest BCUT2D eigenvalue weighted by Crippen LogP contribution is 2.30. The summed E-state index contributed by atoms with van der Waals surface area (Å²) in [5.41, 5.74) is 1.04. The second kappa shape index (κ2) is 6.26. The minimum atomic E-state index is -3.60. The van der Waals surface area contributed by atoms with Gasteiger partial charge in [0.25, 0.3) is 10.0 Å². The first-order valence-corrected chi connectivity index (χ1v) is 9.63. The predicted molar refractivity (Wildman–Crippen MR) is 87.2 cm³/mol. The molecule has 2 aromatic rings. The van der Waals surface area contributed by atoms with Crippen molar-refractivity contribution in [2.75, 3.05) is 11.3 Å². The van der Waals surface area contributed by atoms with Gasteiger partial charge in [-0.05, 0) is 56.9 Å². The summed E-state index contributed by atoms with van der Waals surface area (Å²) in [5.74, 6) is 0.658. The number of hydrogen-bond acceptors (Lipinski definition) is 5. The topological polar surface area (TPSA) is 68.3 Å². The molecule has 118 valence electrons. The molecule has 1 N–H and O–H groups in total. The van der Waals surface area contributed by atoms with Crippen LogP contribution in [0.1, 0.15) is 30.3 Å². The molecule has 22 heavy (non-hydrogen) atoms. The quantitative estimate of drug-likeness (QED) is 0.909. The van der Waals surface area contributed by atoms with Crippen LogP contribution in [0, 0.1) is 0 Å². The zero-order chi connectivity index (χ0) is 15.6. The van der Waals surface area contributed by atoms with Gasteiger partial charge in [0.05, 0.1) is 17.2 Å². The SMILES string of the molecule is CCOc1ccc(S(=O)(=O)Nc2nc3c(s2)CCCC3)cc1. The van der Waals surface area contributed by atoms with Gasteiger partial charge in [-0.2, -0.15) is 0 Å². The van der Waals surface area contributed by atoms with Crippen LogP contribution in [-0.2, 0) is 22.9 Å². The van der Waals surface area contributed by atoms with Gasteiger partial charge in [-0.25, -0.2) is 13.4 Å². The van der Waals surface area contributed by atoms with Crippen LogP contribution in [0.3, 0.4) is 0 Å². The monoisotopic (exact) mass is 338 g/mol. The molecule has 1 aromatic carbocycles. The van der Waals surface area contributed by atoms with E-state index in [0.29, 0.717) is 17.5 Å². The van der Waals surface area contributed by atoms with Crippen molar-refractivity contribution in [2.24, 2.45) is 0 Å². The van der Waals surface area contributed by atoms with Crippen LogP contribution in [0.5, 0.6) is 5.75 Å². The van der Waals surface area contributed by atoms with Crippen LogP contribution in [0.2, 0.25) is 0 Å². The van der Waals surface area contributed by atoms with Crippen molar-refractivity contribution in [3.63, 3.8) is 0 Å². The number of aryl methyl sites for hydroxylation is 2. The van der Waals surface area contributed by atoms with Gasteiger partial charge in [-0.3, -0.25) is 4.72 Å². The fourth-order valence-electron chi connectivity index (χ4n) is 2.45. The van der Waals surface area contributed by atoms with Crippen molar-refractivity contribution < 1.29 is 13.2 Å². The Morgan fingerprint density at radius 2 is 1.95 bits per heavy atom. The van der Waals surface area contributed by atoms with Gasteiger partial charge in [0.1, 0.15) is 5.75 Å². The third-order valence-corrected chi connectivity index (χ3v) is 6.07. The number of hydrogen-bond donors (Lipinski definition) is 1. The molecule has 0 amide bonds. The summed E-state index contributed by atoms with van der Waals surface area (Å²) in [4.78, 5) is 5.83. The molecule has 0 spiro atoms. The lowest BCUT2D eigenvalue weighted by Gasteiger charge is -2.07. The normalized spacial score (nSPS) is 14.4. The van der Waals surface area contributed by atoms with Crippen molar-refractivity contribution in [1.29, 1.82) is 0 Å². The van der Waals surface area contributed by atoms with Crippen molar-refractivity contribution in [3.05, 3.63) is 34.8 Å². The summed E-state index contributed by atoms with van der Waals surface area (Å²) >= 11 is 1.44. The van der Waals surface area contributed by atoms with E-state index >= 15 is 0 Å². The Morgan fingerprint density at radius 3 is 2.64 bits per heavy atom. The fraction of sp³-hybridized carbons (Fsp3) is 0.400. The van der Waals surface area contributed by atoms with Gasteiger partial charge in [-0.15, -0.1) is 11.3 Å². The van der Waals surface area contributed by atoms with Crippen LogP contribution in [-0.4, -0.2) is 20.0 Å². The van der Waals surface area contributed by atoms with Crippen molar-refractivity contribution in [2.45, 2.75) is 37.5 Å². The lowest BCUT2D eigenvalue weighted by atomic mass is 10.0. The van der Waals surface area contributed by atoms with Gasteiger partial charge in [0, 0.05) is 4.88 Å². The number of ether oxygens (including phenoxy) is 1. The molecule has 0 aliphatic heterocycles. The lowest BCUT2D eigenvalue weighted by Crippen LogP contribution is -2.12. The number of nitrogens with one attached hydrogen (secondary N) is 1. The molecule has 0 radical (unpaired) electrons. The summed E-state index contributed by atoms with van der Waals surface area (Å²) < 4.78 is 32.7. The lowest BCUT2D eigenvalue weighted by molar-refractivity contribution is 0.340. The fourth-order valence-corrected chi connectivity index (χ4v) is 4.74. The molecule has 1 aliphatic rings. The Balaban J connectivity index is 1.79. The third-order valence-electron chi connectivity index (χ3n) is 3.51. The van der Waals surface area contributed by atoms with Crippen LogP contribution in [0.15, 0.2) is 29.2 Å². The van der Waals surface area contributed by atoms with Gasteiger partial charge in [-0.1, -0.05) is 0 Å². The minimum absolute atomic E-state index is 0.212. The van der Waals surface area contributed by atoms with Crippen LogP contribution >= 0.6 is 11.3 Å². The van der Waals surface area contributed by atoms with E-state index in [4.69, 9.17) is 4.74 Å². The second-order valence-electron chi connectivity index (χ2n) is 5.11. The highest BCUT2D eigenvalue weighted by molar-refractivity contribution is 7.93. The number of benzene rings is 1. The molecular weight excluding hydrogens is 320 g/mol. The number of rotatable bonds is 5. The number of fused-ring (bicyclic) bond motifs is 1. The van der Waals surface area contributed by atoms with Crippen molar-refractivity contribution in [3.8, 4) is 5.75 Å². The molecule has 1 heterocycles. The zero-order valence-corrected chi connectivity index (χ0v) is 14.0. The molecule has 5 nitrogen and oxygen atoms in total. The first-order valence-electron chi connectivity index (χ1n) is 7.33. The van der Waals surface area contributed by atoms with Gasteiger partial charge in [0.2, 0.25) is 0 Å². The Labute approximate surface area is 134 Å². The molecule has 0 atom stereocenters. The molecule has 1 aromatic heterocycles. The molecule has 0 unspecified atom stereocenters. The van der Waals surface area contributed by atoms with E-state index < -0.39 is 10.0 Å². The highest BCUT2D eigenvalue weighted by atomic mass is 32.2. The van der Waals surface area contributed by atoms with E-state index in [1.165, 1.54) is 16.2 Å². The van der Waals surface area contributed by atoms with E-state index in [0.717, 1.165) is 31.4 Å². The van der Waals surface area contributed by atoms with Crippen LogP contribution < -0.4 is 9.46 Å². The molecule has 0 fully saturated rings. The summed E-state index contributed by atoms with van der Waals surface area (Å²) in [6, 6.07) is 6.40. The standard InChI is InChI=1S/C15H18N2O3S2/c1-2-20-11-7-9-12(10-8-11)22(18,19)17-15-16-13-5-3-4-6-14(13)21-15/h7-10H,2-6H2,1H3,(H,16,17). The van der Waals surface area contributed by atoms with Crippen LogP contribution in [0.4, 0.5) is 5.13 Å². The number of thiazole rings is 1. The average molecular weight is 338 g/mol. The minimum Gasteiger partial charge on any atom is -0.494 e. The maximum atomic E-state index is 12.4. The van der Waals surface area contributed by atoms with Crippen molar-refractivity contribution >= 4 is 26.5 Å². The maximum absolute atomic E-state index is 12.4. The van der Waals surface area contributed by atoms with E-state index in [-0.39, 0.29) is 4.90 Å². The van der Waals surface area contributed by atoms with E-state index in [1.54, 1.807) is 24.3 Å². The van der Waals surface area contributed by atoms with Crippen LogP contribution in [0.25, 0.3) is 0 Å². The van der Waals surface area contributed by atoms with Gasteiger partial charge in [0.15, 0.2) is 5.13 Å². The average Bonchev–Trinajstić information content (AvgIpc) is 2.89. The first-order chi connectivity index (χ1) is 10.6. The zero-order valence-electron chi connectivity index (χ0n) is 12.3. The largest absolute Gasteiger partial charge is 0.494 e. The summed E-state index contributed by atoms with van der Waals surface area (Å²) in [6.45, 7) is 2.44. The number of anilines is 1. The molecule has 7 heteroatoms. The number of aromatic nitrogens is 1. The van der Waals surface area contributed by atoms with Gasteiger partial charge >= 0.3 is 0 Å². The van der Waals surface area contributed by atoms with E-state index in [1.807, 2.05) is 6.92 Å². The number of sulfonamides is 1. The smallest absolute Gasteiger partial charge is 0.263 e. The summed E-state index contributed by atoms with van der Waals surface area (Å²) in [5, 5.41) is 0.459. The Hall–Kier alpha value is -1.60. The van der Waals surface area contributed by atoms with Gasteiger partial charge < -0.3 is 4.74 Å². The third kappa shape index (κ3) is 3.25. The maximum Gasteiger partial charge on any atom is 0.263 e. The first kappa shape index (κ1) is 15.3. The summed E-state index contributed by atoms with van der Waals surface area (Å²) in [6.07, 6.45) is 4.22. The summed E-state index contributed by atoms with van der Waals surface area (Å²) in [7, 11) is -3.60. The molecule has 3 rings (SSSR count). The Kier molecular flexibility index (Phi) is 4.35. The Morgan fingerprint density at radius 1 is 1.23 bits per heavy atom. The Bertz CT molecular complexity index is 728. The molecule has 1 aliphatic carbocycles. The second-order valence-corrected chi connectivity index (χ2v) is 7.87. The van der Waals surface area contributed by atoms with E-state index in [2.05, 4.69) is 9.71 Å². The van der Waals surface area contributed by atoms with E-state index in [9.17, 15) is 8.42 Å². The number of nitrogens with zero attached hydrogens (tertiary/aromatic N) is 1. The molecular formula is C15H18N2O3S2.